The van der Waals surface area contributed by atoms with E-state index in [2.05, 4.69) is 0 Å². The molecule has 5 atom stereocenters. The molecule has 2 heterocycles. The monoisotopic (exact) mass is 356 g/mol. The van der Waals surface area contributed by atoms with E-state index in [-0.39, 0.29) is 13.2 Å². The van der Waals surface area contributed by atoms with Crippen LogP contribution in [0.25, 0.3) is 0 Å². The van der Waals surface area contributed by atoms with Crippen molar-refractivity contribution >= 4 is 18.2 Å². The molecule has 0 aromatic heterocycles. The number of aliphatic hydroxyl groups is 2. The highest BCUT2D eigenvalue weighted by Gasteiger charge is 2.38. The molecule has 2 fully saturated rings. The van der Waals surface area contributed by atoms with Crippen LogP contribution in [-0.4, -0.2) is 66.8 Å². The Balaban J connectivity index is 1.92. The Morgan fingerprint density at radius 1 is 1.27 bits per heavy atom. The largest absolute Gasteiger partial charge is 0.394 e. The zero-order valence-corrected chi connectivity index (χ0v) is 14.5. The van der Waals surface area contributed by atoms with Gasteiger partial charge in [-0.05, 0) is 24.2 Å². The Hall–Kier alpha value is 0.340. The van der Waals surface area contributed by atoms with Crippen molar-refractivity contribution in [2.24, 2.45) is 0 Å². The van der Waals surface area contributed by atoms with E-state index in [1.807, 2.05) is 6.92 Å². The standard InChI is InChI=1S/C13H25O7PS/c1-2-7-22-21(16,19-9-13-10(15)3-5-18-13)20-11-4-6-17-12(11)8-14/h10-15H,2-9H2,1H3/t10?,11?,12-,13-,21+/m1/s1. The first-order chi connectivity index (χ1) is 10.6. The lowest BCUT2D eigenvalue weighted by atomic mass is 10.2. The summed E-state index contributed by atoms with van der Waals surface area (Å²) in [6.45, 7) is -0.588. The lowest BCUT2D eigenvalue weighted by Gasteiger charge is -2.25. The van der Waals surface area contributed by atoms with Crippen LogP contribution in [0.5, 0.6) is 0 Å². The molecule has 130 valence electrons. The molecule has 0 aromatic carbocycles. The van der Waals surface area contributed by atoms with Crippen molar-refractivity contribution in [3.63, 3.8) is 0 Å². The predicted octanol–water partition coefficient (Wildman–Crippen LogP) is 1.57. The minimum absolute atomic E-state index is 0.0343. The molecule has 2 aliphatic rings. The molecule has 2 N–H and O–H groups in total. The van der Waals surface area contributed by atoms with Gasteiger partial charge in [-0.3, -0.25) is 9.05 Å². The molecule has 2 aliphatic heterocycles. The summed E-state index contributed by atoms with van der Waals surface area (Å²) in [4.78, 5) is 0. The van der Waals surface area contributed by atoms with Gasteiger partial charge >= 0.3 is 6.80 Å². The number of hydrogen-bond acceptors (Lipinski definition) is 8. The van der Waals surface area contributed by atoms with E-state index in [9.17, 15) is 14.8 Å². The van der Waals surface area contributed by atoms with Gasteiger partial charge in [0.15, 0.2) is 0 Å². The van der Waals surface area contributed by atoms with E-state index >= 15 is 0 Å². The van der Waals surface area contributed by atoms with Crippen LogP contribution in [0.1, 0.15) is 26.2 Å². The minimum atomic E-state index is -3.38. The average Bonchev–Trinajstić information content (AvgIpc) is 3.12. The highest BCUT2D eigenvalue weighted by Crippen LogP contribution is 2.62. The van der Waals surface area contributed by atoms with Crippen molar-refractivity contribution < 1.29 is 33.3 Å². The maximum absolute atomic E-state index is 12.9. The number of ether oxygens (including phenoxy) is 2. The molecule has 0 spiro atoms. The predicted molar refractivity (Wildman–Crippen MR) is 83.0 cm³/mol. The van der Waals surface area contributed by atoms with Crippen LogP contribution in [0, 0.1) is 0 Å². The molecular weight excluding hydrogens is 331 g/mol. The number of aliphatic hydroxyl groups excluding tert-OH is 2. The van der Waals surface area contributed by atoms with Crippen LogP contribution in [-0.2, 0) is 23.1 Å². The summed E-state index contributed by atoms with van der Waals surface area (Å²) >= 11 is 1.14. The van der Waals surface area contributed by atoms with Crippen molar-refractivity contribution in [3.05, 3.63) is 0 Å². The second-order valence-electron chi connectivity index (χ2n) is 5.37. The quantitative estimate of drug-likeness (QED) is 0.601. The lowest BCUT2D eigenvalue weighted by molar-refractivity contribution is -0.00612. The first-order valence-corrected chi connectivity index (χ1v) is 10.8. The third kappa shape index (κ3) is 5.18. The van der Waals surface area contributed by atoms with Gasteiger partial charge in [-0.1, -0.05) is 6.92 Å². The molecule has 2 saturated heterocycles. The first kappa shape index (κ1) is 18.7. The minimum Gasteiger partial charge on any atom is -0.394 e. The first-order valence-electron chi connectivity index (χ1n) is 7.67. The number of hydrogen-bond donors (Lipinski definition) is 2. The molecule has 0 amide bonds. The molecular formula is C13H25O7PS. The van der Waals surface area contributed by atoms with Gasteiger partial charge in [-0.25, -0.2) is 4.57 Å². The third-order valence-electron chi connectivity index (χ3n) is 3.62. The SMILES string of the molecule is CCCS[P@@](=O)(OC[C@H]1OCCC1O)OC1CCO[C@@H]1CO. The van der Waals surface area contributed by atoms with Crippen LogP contribution in [0.15, 0.2) is 0 Å². The van der Waals surface area contributed by atoms with Gasteiger partial charge in [-0.15, -0.1) is 0 Å². The van der Waals surface area contributed by atoms with E-state index in [1.54, 1.807) is 0 Å². The maximum atomic E-state index is 12.9. The normalized spacial score (nSPS) is 34.9. The van der Waals surface area contributed by atoms with Gasteiger partial charge in [0.25, 0.3) is 0 Å². The molecule has 7 nitrogen and oxygen atoms in total. The second-order valence-corrected chi connectivity index (χ2v) is 9.51. The van der Waals surface area contributed by atoms with Gasteiger partial charge in [0.1, 0.15) is 12.2 Å². The van der Waals surface area contributed by atoms with Crippen LogP contribution in [0.4, 0.5) is 0 Å². The van der Waals surface area contributed by atoms with Crippen LogP contribution >= 0.6 is 18.2 Å². The highest BCUT2D eigenvalue weighted by molar-refractivity contribution is 8.55. The lowest BCUT2D eigenvalue weighted by Crippen LogP contribution is -2.28. The molecule has 0 bridgehead atoms. The van der Waals surface area contributed by atoms with Gasteiger partial charge in [0.2, 0.25) is 0 Å². The van der Waals surface area contributed by atoms with Gasteiger partial charge in [-0.2, -0.15) is 0 Å². The molecule has 2 unspecified atom stereocenters. The maximum Gasteiger partial charge on any atom is 0.389 e. The summed E-state index contributed by atoms with van der Waals surface area (Å²) in [7, 11) is 0. The van der Waals surface area contributed by atoms with E-state index < -0.39 is 31.2 Å². The fraction of sp³-hybridized carbons (Fsp3) is 1.00. The summed E-state index contributed by atoms with van der Waals surface area (Å²) in [5, 5.41) is 19.0. The van der Waals surface area contributed by atoms with E-state index in [4.69, 9.17) is 18.5 Å². The molecule has 22 heavy (non-hydrogen) atoms. The molecule has 0 radical (unpaired) electrons. The number of rotatable bonds is 9. The zero-order chi connectivity index (χ0) is 16.0. The van der Waals surface area contributed by atoms with E-state index in [0.29, 0.717) is 31.8 Å². The van der Waals surface area contributed by atoms with Crippen molar-refractivity contribution in [3.8, 4) is 0 Å². The van der Waals surface area contributed by atoms with Crippen LogP contribution in [0.3, 0.4) is 0 Å². The summed E-state index contributed by atoms with van der Waals surface area (Å²) in [6, 6.07) is 0. The van der Waals surface area contributed by atoms with Crippen molar-refractivity contribution in [1.82, 2.24) is 0 Å². The Morgan fingerprint density at radius 3 is 2.64 bits per heavy atom. The molecule has 0 saturated carbocycles. The summed E-state index contributed by atoms with van der Waals surface area (Å²) < 4.78 is 34.8. The smallest absolute Gasteiger partial charge is 0.389 e. The third-order valence-corrected chi connectivity index (χ3v) is 7.59. The highest BCUT2D eigenvalue weighted by atomic mass is 32.7. The van der Waals surface area contributed by atoms with E-state index in [0.717, 1.165) is 17.8 Å². The topological polar surface area (TPSA) is 94.5 Å². The van der Waals surface area contributed by atoms with Crippen LogP contribution < -0.4 is 0 Å². The second kappa shape index (κ2) is 8.99. The van der Waals surface area contributed by atoms with Crippen molar-refractivity contribution in [2.75, 3.05) is 32.2 Å². The Labute approximate surface area is 134 Å². The van der Waals surface area contributed by atoms with Gasteiger partial charge in [0.05, 0.1) is 25.4 Å². The van der Waals surface area contributed by atoms with E-state index in [1.165, 1.54) is 0 Å². The zero-order valence-electron chi connectivity index (χ0n) is 12.8. The molecule has 9 heteroatoms. The Kier molecular flexibility index (Phi) is 7.63. The van der Waals surface area contributed by atoms with Gasteiger partial charge in [0, 0.05) is 25.4 Å². The average molecular weight is 356 g/mol. The molecule has 0 aromatic rings. The fourth-order valence-electron chi connectivity index (χ4n) is 2.35. The van der Waals surface area contributed by atoms with Crippen molar-refractivity contribution in [1.29, 1.82) is 0 Å². The Bertz CT molecular complexity index is 383. The Morgan fingerprint density at radius 2 is 2.00 bits per heavy atom. The van der Waals surface area contributed by atoms with Gasteiger partial charge < -0.3 is 19.7 Å². The molecule has 2 rings (SSSR count). The molecule has 0 aliphatic carbocycles. The summed E-state index contributed by atoms with van der Waals surface area (Å²) in [5.41, 5.74) is 0. The summed E-state index contributed by atoms with van der Waals surface area (Å²) in [6.07, 6.45) is 0.0199. The van der Waals surface area contributed by atoms with Crippen LogP contribution in [0.2, 0.25) is 0 Å². The van der Waals surface area contributed by atoms with Crippen molar-refractivity contribution in [2.45, 2.75) is 50.6 Å². The summed E-state index contributed by atoms with van der Waals surface area (Å²) in [5.74, 6) is 0.642. The fourth-order valence-corrected chi connectivity index (χ4v) is 5.99.